The summed E-state index contributed by atoms with van der Waals surface area (Å²) in [7, 11) is 0. The van der Waals surface area contributed by atoms with Crippen molar-refractivity contribution in [3.8, 4) is 0 Å². The molecule has 0 spiro atoms. The van der Waals surface area contributed by atoms with E-state index in [0.29, 0.717) is 0 Å². The molecule has 3 heteroatoms. The van der Waals surface area contributed by atoms with Gasteiger partial charge in [0.25, 0.3) is 0 Å². The Morgan fingerprint density at radius 1 is 1.67 bits per heavy atom. The fourth-order valence-electron chi connectivity index (χ4n) is 0.512. The maximum Gasteiger partial charge on any atom is 0.119 e. The van der Waals surface area contributed by atoms with Crippen LogP contribution >= 0.6 is 11.8 Å². The topological polar surface area (TPSA) is 25.8 Å². The van der Waals surface area contributed by atoms with Crippen molar-refractivity contribution in [2.45, 2.75) is 11.9 Å². The highest BCUT2D eigenvalue weighted by Gasteiger charge is 1.88. The summed E-state index contributed by atoms with van der Waals surface area (Å²) in [5.41, 5.74) is 0. The largest absolute Gasteiger partial charge is 0.158 e. The van der Waals surface area contributed by atoms with Gasteiger partial charge in [-0.25, -0.2) is 0 Å². The summed E-state index contributed by atoms with van der Waals surface area (Å²) >= 11 is 1.70. The van der Waals surface area contributed by atoms with Crippen LogP contribution in [0, 0.1) is 0 Å². The molecular weight excluding hydrogens is 132 g/mol. The van der Waals surface area contributed by atoms with Crippen LogP contribution in [-0.4, -0.2) is 16.0 Å². The molecule has 0 atom stereocenters. The fourth-order valence-corrected chi connectivity index (χ4v) is 1.09. The summed E-state index contributed by atoms with van der Waals surface area (Å²) in [6.07, 6.45) is 1.68. The van der Waals surface area contributed by atoms with Crippen molar-refractivity contribution in [3.05, 3.63) is 18.3 Å². The zero-order valence-electron chi connectivity index (χ0n) is 5.24. The van der Waals surface area contributed by atoms with Crippen LogP contribution in [-0.2, 0) is 0 Å². The van der Waals surface area contributed by atoms with Crippen LogP contribution < -0.4 is 0 Å². The molecule has 0 aromatic carbocycles. The fraction of sp³-hybridized carbons (Fsp3) is 0.333. The van der Waals surface area contributed by atoms with E-state index in [9.17, 15) is 0 Å². The van der Waals surface area contributed by atoms with E-state index in [1.165, 1.54) is 0 Å². The van der Waals surface area contributed by atoms with Crippen LogP contribution in [0.25, 0.3) is 0 Å². The third-order valence-electron chi connectivity index (χ3n) is 0.840. The predicted octanol–water partition coefficient (Wildman–Crippen LogP) is 1.59. The van der Waals surface area contributed by atoms with Crippen molar-refractivity contribution in [3.63, 3.8) is 0 Å². The molecule has 0 aliphatic heterocycles. The van der Waals surface area contributed by atoms with E-state index in [4.69, 9.17) is 0 Å². The molecule has 1 aromatic rings. The Labute approximate surface area is 58.7 Å². The molecule has 0 amide bonds. The number of rotatable bonds is 2. The highest BCUT2D eigenvalue weighted by molar-refractivity contribution is 7.99. The molecule has 1 heterocycles. The van der Waals surface area contributed by atoms with Crippen molar-refractivity contribution >= 4 is 11.8 Å². The first-order chi connectivity index (χ1) is 4.43. The Morgan fingerprint density at radius 2 is 2.56 bits per heavy atom. The SMILES string of the molecule is CCSc1cccnn1. The lowest BCUT2D eigenvalue weighted by molar-refractivity contribution is 0.929. The predicted molar refractivity (Wildman–Crippen MR) is 38.4 cm³/mol. The van der Waals surface area contributed by atoms with Crippen molar-refractivity contribution in [1.29, 1.82) is 0 Å². The van der Waals surface area contributed by atoms with Crippen molar-refractivity contribution < 1.29 is 0 Å². The smallest absolute Gasteiger partial charge is 0.119 e. The van der Waals surface area contributed by atoms with Crippen LogP contribution in [0.4, 0.5) is 0 Å². The third-order valence-corrected chi connectivity index (χ3v) is 1.64. The average Bonchev–Trinajstić information content (AvgIpc) is 1.91. The van der Waals surface area contributed by atoms with Crippen LogP contribution in [0.2, 0.25) is 0 Å². The van der Waals surface area contributed by atoms with Gasteiger partial charge in [0.15, 0.2) is 0 Å². The summed E-state index contributed by atoms with van der Waals surface area (Å²) in [5.74, 6) is 1.05. The lowest BCUT2D eigenvalue weighted by atomic mass is 10.6. The Balaban J connectivity index is 2.61. The first-order valence-electron chi connectivity index (χ1n) is 2.84. The second kappa shape index (κ2) is 3.45. The minimum atomic E-state index is 1.00. The first kappa shape index (κ1) is 6.55. The van der Waals surface area contributed by atoms with Crippen molar-refractivity contribution in [2.24, 2.45) is 0 Å². The quantitative estimate of drug-likeness (QED) is 0.583. The molecule has 0 unspecified atom stereocenters. The molecule has 0 fully saturated rings. The second-order valence-corrected chi connectivity index (χ2v) is 2.78. The molecule has 1 aromatic heterocycles. The Hall–Kier alpha value is -0.570. The van der Waals surface area contributed by atoms with Crippen LogP contribution in [0.1, 0.15) is 6.92 Å². The van der Waals surface area contributed by atoms with Gasteiger partial charge in [-0.15, -0.1) is 16.9 Å². The molecule has 0 saturated carbocycles. The van der Waals surface area contributed by atoms with E-state index in [2.05, 4.69) is 17.1 Å². The third kappa shape index (κ3) is 2.01. The van der Waals surface area contributed by atoms with E-state index in [1.807, 2.05) is 12.1 Å². The Kier molecular flexibility index (Phi) is 2.51. The van der Waals surface area contributed by atoms with Gasteiger partial charge < -0.3 is 0 Å². The molecule has 0 radical (unpaired) electrons. The van der Waals surface area contributed by atoms with E-state index >= 15 is 0 Å². The molecule has 2 nitrogen and oxygen atoms in total. The molecule has 0 aliphatic carbocycles. The number of hydrogen-bond donors (Lipinski definition) is 0. The molecule has 9 heavy (non-hydrogen) atoms. The molecule has 48 valence electrons. The van der Waals surface area contributed by atoms with Crippen LogP contribution in [0.5, 0.6) is 0 Å². The van der Waals surface area contributed by atoms with Crippen LogP contribution in [0.15, 0.2) is 23.4 Å². The van der Waals surface area contributed by atoms with E-state index < -0.39 is 0 Å². The molecule has 0 aliphatic rings. The van der Waals surface area contributed by atoms with Crippen molar-refractivity contribution in [2.75, 3.05) is 5.75 Å². The van der Waals surface area contributed by atoms with Gasteiger partial charge in [-0.1, -0.05) is 6.92 Å². The number of thioether (sulfide) groups is 1. The molecule has 0 bridgehead atoms. The summed E-state index contributed by atoms with van der Waals surface area (Å²) in [4.78, 5) is 0. The number of hydrogen-bond acceptors (Lipinski definition) is 3. The molecular formula is C6H8N2S. The number of aromatic nitrogens is 2. The first-order valence-corrected chi connectivity index (χ1v) is 3.82. The average molecular weight is 140 g/mol. The van der Waals surface area contributed by atoms with Gasteiger partial charge in [0.2, 0.25) is 0 Å². The van der Waals surface area contributed by atoms with E-state index in [0.717, 1.165) is 10.8 Å². The summed E-state index contributed by atoms with van der Waals surface area (Å²) in [6.45, 7) is 2.10. The van der Waals surface area contributed by atoms with Gasteiger partial charge in [0.1, 0.15) is 5.03 Å². The highest BCUT2D eigenvalue weighted by Crippen LogP contribution is 2.10. The zero-order chi connectivity index (χ0) is 6.53. The second-order valence-electron chi connectivity index (χ2n) is 1.49. The van der Waals surface area contributed by atoms with E-state index in [1.54, 1.807) is 18.0 Å². The van der Waals surface area contributed by atoms with Gasteiger partial charge in [-0.3, -0.25) is 0 Å². The molecule has 1 rings (SSSR count). The monoisotopic (exact) mass is 140 g/mol. The molecule has 0 N–H and O–H groups in total. The zero-order valence-corrected chi connectivity index (χ0v) is 6.06. The summed E-state index contributed by atoms with van der Waals surface area (Å²) in [6, 6.07) is 3.85. The maximum absolute atomic E-state index is 3.88. The van der Waals surface area contributed by atoms with Crippen molar-refractivity contribution in [1.82, 2.24) is 10.2 Å². The van der Waals surface area contributed by atoms with E-state index in [-0.39, 0.29) is 0 Å². The van der Waals surface area contributed by atoms with Gasteiger partial charge in [-0.2, -0.15) is 5.10 Å². The minimum Gasteiger partial charge on any atom is -0.158 e. The maximum atomic E-state index is 3.88. The normalized spacial score (nSPS) is 9.44. The standard InChI is InChI=1S/C6H8N2S/c1-2-9-6-4-3-5-7-8-6/h3-5H,2H2,1H3. The van der Waals surface area contributed by atoms with Crippen LogP contribution in [0.3, 0.4) is 0 Å². The number of nitrogens with zero attached hydrogens (tertiary/aromatic N) is 2. The minimum absolute atomic E-state index is 1.00. The van der Waals surface area contributed by atoms with Gasteiger partial charge in [-0.05, 0) is 17.9 Å². The van der Waals surface area contributed by atoms with Gasteiger partial charge in [0, 0.05) is 6.20 Å². The summed E-state index contributed by atoms with van der Waals surface area (Å²) in [5, 5.41) is 8.61. The Morgan fingerprint density at radius 3 is 3.11 bits per heavy atom. The van der Waals surface area contributed by atoms with Gasteiger partial charge in [0.05, 0.1) is 0 Å². The highest BCUT2D eigenvalue weighted by atomic mass is 32.2. The van der Waals surface area contributed by atoms with Gasteiger partial charge >= 0.3 is 0 Å². The Bertz CT molecular complexity index is 164. The lowest BCUT2D eigenvalue weighted by Crippen LogP contribution is -1.81. The lowest BCUT2D eigenvalue weighted by Gasteiger charge is -1.91. The summed E-state index contributed by atoms with van der Waals surface area (Å²) < 4.78 is 0. The molecule has 0 saturated heterocycles.